The maximum absolute atomic E-state index is 13.1. The van der Waals surface area contributed by atoms with Crippen LogP contribution in [0.3, 0.4) is 0 Å². The number of carbonyl (C=O) groups is 1. The molecule has 0 aromatic heterocycles. The van der Waals surface area contributed by atoms with E-state index in [-0.39, 0.29) is 29.5 Å². The molecule has 18 heavy (non-hydrogen) atoms. The smallest absolute Gasteiger partial charge is 0.221 e. The van der Waals surface area contributed by atoms with Gasteiger partial charge in [-0.15, -0.1) is 12.4 Å². The quantitative estimate of drug-likeness (QED) is 0.858. The topological polar surface area (TPSA) is 55.1 Å². The lowest BCUT2D eigenvalue weighted by atomic mass is 9.96. The third-order valence-corrected chi connectivity index (χ3v) is 3.29. The molecule has 0 heterocycles. The molecule has 0 unspecified atom stereocenters. The van der Waals surface area contributed by atoms with Crippen molar-refractivity contribution in [3.63, 3.8) is 0 Å². The summed E-state index contributed by atoms with van der Waals surface area (Å²) in [5.41, 5.74) is 6.23. The summed E-state index contributed by atoms with van der Waals surface area (Å²) in [5.74, 6) is -0.253. The molecule has 1 aromatic carbocycles. The molecule has 3 nitrogen and oxygen atoms in total. The number of amides is 1. The van der Waals surface area contributed by atoms with Crippen molar-refractivity contribution in [2.75, 3.05) is 13.1 Å². The van der Waals surface area contributed by atoms with Crippen LogP contribution in [0.4, 0.5) is 4.39 Å². The van der Waals surface area contributed by atoms with Gasteiger partial charge in [0.15, 0.2) is 0 Å². The van der Waals surface area contributed by atoms with E-state index in [1.165, 1.54) is 6.07 Å². The molecule has 0 spiro atoms. The molecule has 2 rings (SSSR count). The van der Waals surface area contributed by atoms with Gasteiger partial charge in [0.05, 0.1) is 0 Å². The van der Waals surface area contributed by atoms with Gasteiger partial charge >= 0.3 is 0 Å². The summed E-state index contributed by atoms with van der Waals surface area (Å²) in [6, 6.07) is 6.63. The lowest BCUT2D eigenvalue weighted by Gasteiger charge is -2.16. The molecule has 3 N–H and O–H groups in total. The Labute approximate surface area is 112 Å². The van der Waals surface area contributed by atoms with Crippen molar-refractivity contribution in [1.82, 2.24) is 5.32 Å². The normalized spacial score (nSPS) is 15.7. The Morgan fingerprint density at radius 1 is 1.44 bits per heavy atom. The molecule has 1 amide bonds. The van der Waals surface area contributed by atoms with Crippen molar-refractivity contribution in [3.8, 4) is 0 Å². The number of hydrogen-bond donors (Lipinski definition) is 2. The largest absolute Gasteiger partial charge is 0.355 e. The fraction of sp³-hybridized carbons (Fsp3) is 0.462. The summed E-state index contributed by atoms with van der Waals surface area (Å²) < 4.78 is 13.1. The predicted molar refractivity (Wildman–Crippen MR) is 71.2 cm³/mol. The highest BCUT2D eigenvalue weighted by Crippen LogP contribution is 2.47. The lowest BCUT2D eigenvalue weighted by Crippen LogP contribution is -2.33. The molecule has 1 fully saturated rings. The Morgan fingerprint density at radius 3 is 2.72 bits per heavy atom. The van der Waals surface area contributed by atoms with Crippen molar-refractivity contribution < 1.29 is 9.18 Å². The van der Waals surface area contributed by atoms with Crippen LogP contribution in [-0.4, -0.2) is 19.0 Å². The zero-order valence-electron chi connectivity index (χ0n) is 10.1. The van der Waals surface area contributed by atoms with Crippen LogP contribution in [0.5, 0.6) is 0 Å². The van der Waals surface area contributed by atoms with Crippen LogP contribution in [-0.2, 0) is 10.2 Å². The van der Waals surface area contributed by atoms with Crippen LogP contribution in [0.2, 0.25) is 0 Å². The van der Waals surface area contributed by atoms with Crippen molar-refractivity contribution in [2.24, 2.45) is 5.73 Å². The van der Waals surface area contributed by atoms with E-state index < -0.39 is 0 Å². The van der Waals surface area contributed by atoms with E-state index in [4.69, 9.17) is 5.73 Å². The van der Waals surface area contributed by atoms with E-state index in [1.54, 1.807) is 12.1 Å². The van der Waals surface area contributed by atoms with Crippen molar-refractivity contribution in [3.05, 3.63) is 35.6 Å². The molecule has 0 aliphatic heterocycles. The van der Waals surface area contributed by atoms with E-state index in [0.717, 1.165) is 18.4 Å². The van der Waals surface area contributed by atoms with Crippen LogP contribution in [0.15, 0.2) is 24.3 Å². The maximum Gasteiger partial charge on any atom is 0.221 e. The van der Waals surface area contributed by atoms with Crippen molar-refractivity contribution >= 4 is 18.3 Å². The van der Waals surface area contributed by atoms with Gasteiger partial charge in [0.2, 0.25) is 5.91 Å². The average Bonchev–Trinajstić information content (AvgIpc) is 3.08. The highest BCUT2D eigenvalue weighted by Gasteiger charge is 2.44. The molecular weight excluding hydrogens is 255 g/mol. The number of nitrogens with two attached hydrogens (primary N) is 1. The number of rotatable bonds is 5. The maximum atomic E-state index is 13.1. The number of benzene rings is 1. The minimum absolute atomic E-state index is 0. The molecule has 1 saturated carbocycles. The molecule has 100 valence electrons. The first kappa shape index (κ1) is 14.9. The molecule has 1 aliphatic carbocycles. The first-order chi connectivity index (χ1) is 8.16. The Hall–Kier alpha value is -1.13. The van der Waals surface area contributed by atoms with Gasteiger partial charge in [-0.2, -0.15) is 0 Å². The van der Waals surface area contributed by atoms with Crippen LogP contribution >= 0.6 is 12.4 Å². The summed E-state index contributed by atoms with van der Waals surface area (Å²) in [4.78, 5) is 11.4. The molecular formula is C13H18ClFN2O. The summed E-state index contributed by atoms with van der Waals surface area (Å²) in [6.07, 6.45) is 2.35. The zero-order chi connectivity index (χ0) is 12.3. The molecule has 1 aliphatic rings. The molecule has 0 saturated heterocycles. The zero-order valence-corrected chi connectivity index (χ0v) is 10.9. The summed E-state index contributed by atoms with van der Waals surface area (Å²) in [6.45, 7) is 0.939. The van der Waals surface area contributed by atoms with Crippen molar-refractivity contribution in [1.29, 1.82) is 0 Å². The Kier molecular flexibility index (Phi) is 5.11. The van der Waals surface area contributed by atoms with Gasteiger partial charge in [-0.1, -0.05) is 12.1 Å². The van der Waals surface area contributed by atoms with Gasteiger partial charge in [0.1, 0.15) is 5.82 Å². The molecule has 0 atom stereocenters. The van der Waals surface area contributed by atoms with Crippen LogP contribution in [0.25, 0.3) is 0 Å². The first-order valence-electron chi connectivity index (χ1n) is 5.89. The molecule has 1 aromatic rings. The summed E-state index contributed by atoms with van der Waals surface area (Å²) in [5, 5.41) is 2.86. The predicted octanol–water partition coefficient (Wildman–Crippen LogP) is 1.74. The van der Waals surface area contributed by atoms with E-state index in [0.29, 0.717) is 19.5 Å². The van der Waals surface area contributed by atoms with Gasteiger partial charge in [-0.3, -0.25) is 4.79 Å². The number of carbonyl (C=O) groups excluding carboxylic acids is 1. The Balaban J connectivity index is 0.00000162. The standard InChI is InChI=1S/C13H17FN2O.ClH/c14-11-3-1-2-10(8-11)13(5-6-13)9-16-12(17)4-7-15;/h1-3,8H,4-7,9,15H2,(H,16,17);1H. The number of hydrogen-bond acceptors (Lipinski definition) is 2. The molecule has 5 heteroatoms. The summed E-state index contributed by atoms with van der Waals surface area (Å²) in [7, 11) is 0. The van der Waals surface area contributed by atoms with Crippen LogP contribution in [0, 0.1) is 5.82 Å². The Bertz CT molecular complexity index is 421. The average molecular weight is 273 g/mol. The second-order valence-electron chi connectivity index (χ2n) is 4.61. The van der Waals surface area contributed by atoms with Gasteiger partial charge < -0.3 is 11.1 Å². The lowest BCUT2D eigenvalue weighted by molar-refractivity contribution is -0.121. The highest BCUT2D eigenvalue weighted by molar-refractivity contribution is 5.85. The van der Waals surface area contributed by atoms with E-state index in [9.17, 15) is 9.18 Å². The first-order valence-corrected chi connectivity index (χ1v) is 5.89. The molecule has 0 radical (unpaired) electrons. The number of nitrogens with one attached hydrogen (secondary N) is 1. The number of halogens is 2. The van der Waals surface area contributed by atoms with Crippen LogP contribution in [0.1, 0.15) is 24.8 Å². The van der Waals surface area contributed by atoms with Gasteiger partial charge in [-0.25, -0.2) is 4.39 Å². The van der Waals surface area contributed by atoms with Crippen molar-refractivity contribution in [2.45, 2.75) is 24.7 Å². The van der Waals surface area contributed by atoms with E-state index in [1.807, 2.05) is 6.07 Å². The fourth-order valence-electron chi connectivity index (χ4n) is 2.02. The van der Waals surface area contributed by atoms with E-state index in [2.05, 4.69) is 5.32 Å². The Morgan fingerprint density at radius 2 is 2.17 bits per heavy atom. The van der Waals surface area contributed by atoms with Gasteiger partial charge in [-0.05, 0) is 30.5 Å². The SMILES string of the molecule is Cl.NCCC(=O)NCC1(c2cccc(F)c2)CC1. The monoisotopic (exact) mass is 272 g/mol. The second kappa shape index (κ2) is 6.16. The van der Waals surface area contributed by atoms with Crippen LogP contribution < -0.4 is 11.1 Å². The fourth-order valence-corrected chi connectivity index (χ4v) is 2.02. The minimum Gasteiger partial charge on any atom is -0.355 e. The molecule has 0 bridgehead atoms. The second-order valence-corrected chi connectivity index (χ2v) is 4.61. The van der Waals surface area contributed by atoms with Gasteiger partial charge in [0.25, 0.3) is 0 Å². The third kappa shape index (κ3) is 3.43. The minimum atomic E-state index is -0.220. The van der Waals surface area contributed by atoms with E-state index >= 15 is 0 Å². The summed E-state index contributed by atoms with van der Waals surface area (Å²) >= 11 is 0. The van der Waals surface area contributed by atoms with Gasteiger partial charge in [0, 0.05) is 24.9 Å². The highest BCUT2D eigenvalue weighted by atomic mass is 35.5. The third-order valence-electron chi connectivity index (χ3n) is 3.29.